The minimum Gasteiger partial charge on any atom is -0.369 e. The Kier molecular flexibility index (Phi) is 5.94. The van der Waals surface area contributed by atoms with Crippen molar-refractivity contribution in [3.63, 3.8) is 0 Å². The van der Waals surface area contributed by atoms with Gasteiger partial charge in [-0.25, -0.2) is 0 Å². The second-order valence-corrected chi connectivity index (χ2v) is 6.88. The van der Waals surface area contributed by atoms with E-state index in [4.69, 9.17) is 17.3 Å². The lowest BCUT2D eigenvalue weighted by Crippen LogP contribution is -2.36. The molecule has 0 fully saturated rings. The molecule has 1 aromatic heterocycles. The number of benzene rings is 1. The van der Waals surface area contributed by atoms with E-state index in [9.17, 15) is 14.4 Å². The fraction of sp³-hybridized carbons (Fsp3) is 0.188. The van der Waals surface area contributed by atoms with Crippen molar-refractivity contribution in [2.24, 2.45) is 5.73 Å². The molecule has 24 heavy (non-hydrogen) atoms. The predicted molar refractivity (Wildman–Crippen MR) is 93.9 cm³/mol. The highest BCUT2D eigenvalue weighted by atomic mass is 35.5. The molecular formula is C16H16ClN3O3S. The van der Waals surface area contributed by atoms with E-state index in [0.717, 1.165) is 10.4 Å². The normalized spacial score (nSPS) is 11.6. The van der Waals surface area contributed by atoms with Gasteiger partial charge in [0.2, 0.25) is 5.91 Å². The number of hydrogen-bond donors (Lipinski definition) is 3. The first-order valence-electron chi connectivity index (χ1n) is 7.09. The molecule has 8 heteroatoms. The fourth-order valence-corrected chi connectivity index (χ4v) is 3.05. The molecule has 0 saturated heterocycles. The average molecular weight is 366 g/mol. The molecule has 0 aliphatic heterocycles. The number of rotatable bonds is 5. The molecule has 2 aromatic rings. The van der Waals surface area contributed by atoms with E-state index in [2.05, 4.69) is 10.6 Å². The van der Waals surface area contributed by atoms with Crippen molar-refractivity contribution in [1.29, 1.82) is 0 Å². The second kappa shape index (κ2) is 7.94. The molecule has 126 valence electrons. The van der Waals surface area contributed by atoms with Crippen LogP contribution in [0, 0.1) is 0 Å². The number of amides is 3. The van der Waals surface area contributed by atoms with Crippen LogP contribution in [0.25, 0.3) is 0 Å². The molecule has 0 spiro atoms. The van der Waals surface area contributed by atoms with Crippen LogP contribution in [0.5, 0.6) is 0 Å². The highest BCUT2D eigenvalue weighted by Gasteiger charge is 2.18. The number of carbonyl (C=O) groups excluding carboxylic acids is 3. The first kappa shape index (κ1) is 18.0. The predicted octanol–water partition coefficient (Wildman–Crippen LogP) is 2.25. The summed E-state index contributed by atoms with van der Waals surface area (Å²) in [6.45, 7) is 1.77. The number of hydrogen-bond acceptors (Lipinski definition) is 4. The van der Waals surface area contributed by atoms with Crippen molar-refractivity contribution in [3.05, 3.63) is 51.2 Å². The Balaban J connectivity index is 1.91. The average Bonchev–Trinajstić information content (AvgIpc) is 2.95. The second-order valence-electron chi connectivity index (χ2n) is 5.13. The summed E-state index contributed by atoms with van der Waals surface area (Å²) in [6.07, 6.45) is 0.121. The summed E-state index contributed by atoms with van der Waals surface area (Å²) in [5.74, 6) is -1.95. The van der Waals surface area contributed by atoms with Gasteiger partial charge in [-0.15, -0.1) is 11.3 Å². The van der Waals surface area contributed by atoms with Gasteiger partial charge in [0, 0.05) is 10.6 Å². The molecule has 6 nitrogen and oxygen atoms in total. The van der Waals surface area contributed by atoms with Gasteiger partial charge in [0.05, 0.1) is 16.8 Å². The van der Waals surface area contributed by atoms with Gasteiger partial charge in [0.1, 0.15) is 0 Å². The fourth-order valence-electron chi connectivity index (χ4n) is 1.99. The zero-order chi connectivity index (χ0) is 17.7. The van der Waals surface area contributed by atoms with Gasteiger partial charge in [0.25, 0.3) is 0 Å². The van der Waals surface area contributed by atoms with Crippen LogP contribution in [0.15, 0.2) is 36.4 Å². The van der Waals surface area contributed by atoms with Crippen LogP contribution in [0.1, 0.15) is 23.4 Å². The SMILES string of the molecule is CC(NC(=O)C(=O)Nc1ccc(CC(N)=O)cc1)c1ccc(Cl)s1. The van der Waals surface area contributed by atoms with Crippen LogP contribution >= 0.6 is 22.9 Å². The Hall–Kier alpha value is -2.38. The summed E-state index contributed by atoms with van der Waals surface area (Å²) in [4.78, 5) is 35.6. The summed E-state index contributed by atoms with van der Waals surface area (Å²) in [7, 11) is 0. The lowest BCUT2D eigenvalue weighted by atomic mass is 10.1. The topological polar surface area (TPSA) is 101 Å². The number of nitrogens with one attached hydrogen (secondary N) is 2. The van der Waals surface area contributed by atoms with Gasteiger partial charge in [-0.2, -0.15) is 0 Å². The van der Waals surface area contributed by atoms with Crippen molar-refractivity contribution >= 4 is 46.3 Å². The lowest BCUT2D eigenvalue weighted by molar-refractivity contribution is -0.136. The zero-order valence-corrected chi connectivity index (χ0v) is 14.4. The number of nitrogens with two attached hydrogens (primary N) is 1. The van der Waals surface area contributed by atoms with Gasteiger partial charge in [0.15, 0.2) is 0 Å². The Morgan fingerprint density at radius 3 is 2.33 bits per heavy atom. The quantitative estimate of drug-likeness (QED) is 0.708. The first-order valence-corrected chi connectivity index (χ1v) is 8.29. The van der Waals surface area contributed by atoms with Crippen LogP contribution in [-0.4, -0.2) is 17.7 Å². The van der Waals surface area contributed by atoms with E-state index in [0.29, 0.717) is 10.0 Å². The minimum atomic E-state index is -0.771. The number of thiophene rings is 1. The number of halogens is 1. The minimum absolute atomic E-state index is 0.121. The summed E-state index contributed by atoms with van der Waals surface area (Å²) >= 11 is 7.19. The maximum absolute atomic E-state index is 11.9. The third kappa shape index (κ3) is 5.07. The Bertz CT molecular complexity index is 758. The smallest absolute Gasteiger partial charge is 0.313 e. The molecule has 1 unspecified atom stereocenters. The van der Waals surface area contributed by atoms with E-state index in [-0.39, 0.29) is 12.5 Å². The summed E-state index contributed by atoms with van der Waals surface area (Å²) in [5.41, 5.74) is 6.29. The molecule has 0 bridgehead atoms. The van der Waals surface area contributed by atoms with Crippen molar-refractivity contribution in [3.8, 4) is 0 Å². The summed E-state index contributed by atoms with van der Waals surface area (Å²) in [5, 5.41) is 5.10. The molecule has 3 amide bonds. The number of anilines is 1. The molecule has 0 radical (unpaired) electrons. The highest BCUT2D eigenvalue weighted by Crippen LogP contribution is 2.26. The first-order chi connectivity index (χ1) is 11.3. The maximum atomic E-state index is 11.9. The van der Waals surface area contributed by atoms with E-state index < -0.39 is 17.7 Å². The number of primary amides is 1. The molecule has 0 aliphatic carbocycles. The van der Waals surface area contributed by atoms with E-state index in [1.54, 1.807) is 43.3 Å². The van der Waals surface area contributed by atoms with Crippen LogP contribution in [0.4, 0.5) is 5.69 Å². The lowest BCUT2D eigenvalue weighted by Gasteiger charge is -2.12. The van der Waals surface area contributed by atoms with E-state index >= 15 is 0 Å². The largest absolute Gasteiger partial charge is 0.369 e. The number of carbonyl (C=O) groups is 3. The molecule has 4 N–H and O–H groups in total. The molecule has 0 saturated carbocycles. The Morgan fingerprint density at radius 1 is 1.12 bits per heavy atom. The van der Waals surface area contributed by atoms with Gasteiger partial charge >= 0.3 is 11.8 Å². The summed E-state index contributed by atoms with van der Waals surface area (Å²) in [6, 6.07) is 9.74. The highest BCUT2D eigenvalue weighted by molar-refractivity contribution is 7.16. The van der Waals surface area contributed by atoms with Gasteiger partial charge < -0.3 is 16.4 Å². The van der Waals surface area contributed by atoms with Gasteiger partial charge in [-0.1, -0.05) is 23.7 Å². The maximum Gasteiger partial charge on any atom is 0.313 e. The zero-order valence-electron chi connectivity index (χ0n) is 12.8. The third-order valence-corrected chi connectivity index (χ3v) is 4.58. The standard InChI is InChI=1S/C16H16ClN3O3S/c1-9(12-6-7-13(17)24-12)19-15(22)16(23)20-11-4-2-10(3-5-11)8-14(18)21/h2-7,9H,8H2,1H3,(H2,18,21)(H,19,22)(H,20,23). The molecule has 1 atom stereocenters. The molecule has 0 aliphatic rings. The van der Waals surface area contributed by atoms with Crippen molar-refractivity contribution < 1.29 is 14.4 Å². The van der Waals surface area contributed by atoms with Crippen LogP contribution in [0.3, 0.4) is 0 Å². The Morgan fingerprint density at radius 2 is 1.79 bits per heavy atom. The molecule has 1 heterocycles. The molecule has 2 rings (SSSR count). The summed E-state index contributed by atoms with van der Waals surface area (Å²) < 4.78 is 0.617. The van der Waals surface area contributed by atoms with Gasteiger partial charge in [-0.05, 0) is 36.8 Å². The van der Waals surface area contributed by atoms with Crippen molar-refractivity contribution in [2.45, 2.75) is 19.4 Å². The molecular weight excluding hydrogens is 350 g/mol. The van der Waals surface area contributed by atoms with Crippen molar-refractivity contribution in [2.75, 3.05) is 5.32 Å². The van der Waals surface area contributed by atoms with Crippen LogP contribution in [0.2, 0.25) is 4.34 Å². The Labute approximate surface area is 148 Å². The molecule has 1 aromatic carbocycles. The van der Waals surface area contributed by atoms with E-state index in [1.165, 1.54) is 11.3 Å². The van der Waals surface area contributed by atoms with Crippen LogP contribution < -0.4 is 16.4 Å². The van der Waals surface area contributed by atoms with Crippen LogP contribution in [-0.2, 0) is 20.8 Å². The third-order valence-electron chi connectivity index (χ3n) is 3.16. The van der Waals surface area contributed by atoms with Crippen molar-refractivity contribution in [1.82, 2.24) is 5.32 Å². The monoisotopic (exact) mass is 365 g/mol. The van der Waals surface area contributed by atoms with E-state index in [1.807, 2.05) is 0 Å². The van der Waals surface area contributed by atoms with Gasteiger partial charge in [-0.3, -0.25) is 14.4 Å².